The lowest BCUT2D eigenvalue weighted by molar-refractivity contribution is -0.162. The minimum atomic E-state index is -2.02. The minimum Gasteiger partial charge on any atom is -0.480 e. The fourth-order valence-electron chi connectivity index (χ4n) is 3.74. The lowest BCUT2D eigenvalue weighted by atomic mass is 9.80. The predicted octanol–water partition coefficient (Wildman–Crippen LogP) is 5.20. The maximum absolute atomic E-state index is 12.6. The average Bonchev–Trinajstić information content (AvgIpc) is 2.72. The summed E-state index contributed by atoms with van der Waals surface area (Å²) in [6.07, 6.45) is 16.0. The highest BCUT2D eigenvalue weighted by Crippen LogP contribution is 2.27. The van der Waals surface area contributed by atoms with E-state index in [2.05, 4.69) is 17.6 Å². The van der Waals surface area contributed by atoms with Crippen molar-refractivity contribution >= 4 is 17.8 Å². The number of amides is 2. The number of carbonyl (C=O) groups is 3. The number of hydrogen-bond acceptors (Lipinski definition) is 3. The molecule has 6 nitrogen and oxygen atoms in total. The molecule has 1 atom stereocenters. The smallest absolute Gasteiger partial charge is 0.328 e. The number of unbranched alkanes of at least 4 members (excludes halogenated alkanes) is 12. The van der Waals surface area contributed by atoms with Gasteiger partial charge in [-0.1, -0.05) is 97.3 Å². The molecule has 0 radical (unpaired) electrons. The highest BCUT2D eigenvalue weighted by atomic mass is 16.4. The van der Waals surface area contributed by atoms with E-state index in [1.54, 1.807) is 6.92 Å². The first-order valence-corrected chi connectivity index (χ1v) is 12.3. The van der Waals surface area contributed by atoms with Gasteiger partial charge in [0.2, 0.25) is 17.2 Å². The zero-order valence-corrected chi connectivity index (χ0v) is 19.7. The van der Waals surface area contributed by atoms with Crippen molar-refractivity contribution in [2.45, 2.75) is 117 Å². The molecule has 0 heterocycles. The number of carbonyl (C=O) groups excluding carboxylic acids is 2. The van der Waals surface area contributed by atoms with Crippen molar-refractivity contribution < 1.29 is 19.5 Å². The van der Waals surface area contributed by atoms with Crippen LogP contribution in [0, 0.1) is 5.41 Å². The number of carboxylic acids is 1. The summed E-state index contributed by atoms with van der Waals surface area (Å²) in [7, 11) is 0. The van der Waals surface area contributed by atoms with Crippen LogP contribution in [-0.2, 0) is 14.4 Å². The largest absolute Gasteiger partial charge is 0.480 e. The van der Waals surface area contributed by atoms with Gasteiger partial charge in [0.05, 0.1) is 0 Å². The van der Waals surface area contributed by atoms with E-state index in [0.29, 0.717) is 25.9 Å². The van der Waals surface area contributed by atoms with E-state index in [1.807, 2.05) is 6.92 Å². The predicted molar refractivity (Wildman–Crippen MR) is 122 cm³/mol. The Balaban J connectivity index is 4.26. The van der Waals surface area contributed by atoms with E-state index in [9.17, 15) is 19.5 Å². The van der Waals surface area contributed by atoms with E-state index >= 15 is 0 Å². The van der Waals surface area contributed by atoms with Gasteiger partial charge in [-0.05, 0) is 19.8 Å². The summed E-state index contributed by atoms with van der Waals surface area (Å²) in [6, 6.07) is 0. The molecule has 0 aromatic heterocycles. The van der Waals surface area contributed by atoms with Crippen molar-refractivity contribution in [3.63, 3.8) is 0 Å². The molecule has 0 fully saturated rings. The first-order chi connectivity index (χ1) is 14.5. The average molecular weight is 427 g/mol. The second-order valence-electron chi connectivity index (χ2n) is 8.32. The summed E-state index contributed by atoms with van der Waals surface area (Å²) in [5.41, 5.74) is -2.02. The molecule has 0 spiro atoms. The Bertz CT molecular complexity index is 482. The summed E-state index contributed by atoms with van der Waals surface area (Å²) >= 11 is 0. The van der Waals surface area contributed by atoms with Crippen LogP contribution < -0.4 is 10.6 Å². The van der Waals surface area contributed by atoms with Crippen molar-refractivity contribution in [2.75, 3.05) is 13.1 Å². The Kier molecular flexibility index (Phi) is 17.2. The van der Waals surface area contributed by atoms with Crippen molar-refractivity contribution in [1.29, 1.82) is 0 Å². The third kappa shape index (κ3) is 11.0. The van der Waals surface area contributed by atoms with Gasteiger partial charge < -0.3 is 15.7 Å². The number of carboxylic acid groups (broad SMARTS) is 1. The van der Waals surface area contributed by atoms with Gasteiger partial charge in [-0.3, -0.25) is 14.4 Å². The third-order valence-electron chi connectivity index (χ3n) is 5.67. The Morgan fingerprint density at radius 2 is 1.07 bits per heavy atom. The first kappa shape index (κ1) is 28.4. The van der Waals surface area contributed by atoms with Crippen molar-refractivity contribution in [1.82, 2.24) is 10.6 Å². The van der Waals surface area contributed by atoms with Crippen molar-refractivity contribution in [2.24, 2.45) is 5.41 Å². The van der Waals surface area contributed by atoms with Gasteiger partial charge in [-0.25, -0.2) is 0 Å². The molecule has 0 bridgehead atoms. The Hall–Kier alpha value is -1.59. The molecule has 0 aliphatic heterocycles. The fourth-order valence-corrected chi connectivity index (χ4v) is 3.74. The summed E-state index contributed by atoms with van der Waals surface area (Å²) in [5, 5.41) is 14.9. The molecule has 0 rings (SSSR count). The topological polar surface area (TPSA) is 95.5 Å². The molecule has 30 heavy (non-hydrogen) atoms. The lowest BCUT2D eigenvalue weighted by Crippen LogP contribution is -2.56. The molecule has 1 unspecified atom stereocenters. The monoisotopic (exact) mass is 426 g/mol. The molecule has 0 aromatic carbocycles. The standard InChI is InChI=1S/C24H46N2O4/c1-4-7-8-9-10-11-12-13-14-15-16-17-18-19-24(23(29)30,21(27)25-6-3)22(28)26-20-5-2/h4-20H2,1-3H3,(H,25,27)(H,26,28)(H,29,30). The summed E-state index contributed by atoms with van der Waals surface area (Å²) in [6.45, 7) is 6.52. The van der Waals surface area contributed by atoms with Gasteiger partial charge in [0.25, 0.3) is 0 Å². The van der Waals surface area contributed by atoms with Crippen LogP contribution in [-0.4, -0.2) is 36.0 Å². The van der Waals surface area contributed by atoms with Crippen LogP contribution in [0.4, 0.5) is 0 Å². The molecule has 0 aliphatic carbocycles. The quantitative estimate of drug-likeness (QED) is 0.184. The molecule has 3 N–H and O–H groups in total. The molecular formula is C24H46N2O4. The summed E-state index contributed by atoms with van der Waals surface area (Å²) in [4.78, 5) is 37.1. The molecule has 0 aromatic rings. The Morgan fingerprint density at radius 1 is 0.633 bits per heavy atom. The van der Waals surface area contributed by atoms with E-state index < -0.39 is 23.2 Å². The van der Waals surface area contributed by atoms with E-state index in [4.69, 9.17) is 0 Å². The molecule has 6 heteroatoms. The van der Waals surface area contributed by atoms with E-state index in [1.165, 1.54) is 57.8 Å². The Labute approximate surface area is 184 Å². The minimum absolute atomic E-state index is 0.0431. The third-order valence-corrected chi connectivity index (χ3v) is 5.67. The molecule has 0 saturated carbocycles. The normalized spacial score (nSPS) is 12.9. The van der Waals surface area contributed by atoms with E-state index in [-0.39, 0.29) is 6.42 Å². The number of nitrogens with one attached hydrogen (secondary N) is 2. The highest BCUT2D eigenvalue weighted by Gasteiger charge is 2.52. The van der Waals surface area contributed by atoms with Crippen LogP contribution in [0.1, 0.15) is 117 Å². The lowest BCUT2D eigenvalue weighted by Gasteiger charge is -2.27. The van der Waals surface area contributed by atoms with Crippen LogP contribution in [0.25, 0.3) is 0 Å². The molecular weight excluding hydrogens is 380 g/mol. The number of hydrogen-bond donors (Lipinski definition) is 3. The SMILES string of the molecule is CCCCCCCCCCCCCCCC(C(=O)O)(C(=O)NCC)C(=O)NCCC. The highest BCUT2D eigenvalue weighted by molar-refractivity contribution is 6.20. The molecule has 0 aliphatic rings. The van der Waals surface area contributed by atoms with Crippen molar-refractivity contribution in [3.05, 3.63) is 0 Å². The first-order valence-electron chi connectivity index (χ1n) is 12.3. The van der Waals surface area contributed by atoms with Crippen LogP contribution in [0.2, 0.25) is 0 Å². The van der Waals surface area contributed by atoms with Gasteiger partial charge >= 0.3 is 5.97 Å². The zero-order chi connectivity index (χ0) is 22.7. The fraction of sp³-hybridized carbons (Fsp3) is 0.875. The summed E-state index contributed by atoms with van der Waals surface area (Å²) < 4.78 is 0. The second kappa shape index (κ2) is 18.2. The zero-order valence-electron chi connectivity index (χ0n) is 19.7. The van der Waals surface area contributed by atoms with Gasteiger partial charge in [-0.2, -0.15) is 0 Å². The maximum Gasteiger partial charge on any atom is 0.328 e. The van der Waals surface area contributed by atoms with Gasteiger partial charge in [-0.15, -0.1) is 0 Å². The van der Waals surface area contributed by atoms with Gasteiger partial charge in [0.15, 0.2) is 0 Å². The molecule has 0 saturated heterocycles. The van der Waals surface area contributed by atoms with Crippen molar-refractivity contribution in [3.8, 4) is 0 Å². The van der Waals surface area contributed by atoms with Crippen LogP contribution in [0.3, 0.4) is 0 Å². The number of rotatable bonds is 20. The Morgan fingerprint density at radius 3 is 1.47 bits per heavy atom. The van der Waals surface area contributed by atoms with Gasteiger partial charge in [0, 0.05) is 13.1 Å². The molecule has 176 valence electrons. The molecule has 2 amide bonds. The van der Waals surface area contributed by atoms with E-state index in [0.717, 1.165) is 19.3 Å². The summed E-state index contributed by atoms with van der Waals surface area (Å²) in [5.74, 6) is -2.76. The van der Waals surface area contributed by atoms with Crippen LogP contribution in [0.5, 0.6) is 0 Å². The van der Waals surface area contributed by atoms with Crippen LogP contribution >= 0.6 is 0 Å². The van der Waals surface area contributed by atoms with Gasteiger partial charge in [0.1, 0.15) is 0 Å². The maximum atomic E-state index is 12.6. The second-order valence-corrected chi connectivity index (χ2v) is 8.32. The van der Waals surface area contributed by atoms with Crippen LogP contribution in [0.15, 0.2) is 0 Å². The number of aliphatic carboxylic acids is 1.